The number of rotatable bonds is 6. The van der Waals surface area contributed by atoms with E-state index >= 15 is 0 Å². The summed E-state index contributed by atoms with van der Waals surface area (Å²) in [6.07, 6.45) is 1.12. The second-order valence-electron chi connectivity index (χ2n) is 7.85. The van der Waals surface area contributed by atoms with Crippen molar-refractivity contribution < 1.29 is 4.43 Å². The van der Waals surface area contributed by atoms with Crippen LogP contribution in [0.4, 0.5) is 0 Å². The van der Waals surface area contributed by atoms with Crippen molar-refractivity contribution in [2.45, 2.75) is 97.3 Å². The molecule has 0 aliphatic heterocycles. The van der Waals surface area contributed by atoms with E-state index in [0.717, 1.165) is 6.42 Å². The second-order valence-corrected chi connectivity index (χ2v) is 18.0. The predicted molar refractivity (Wildman–Crippen MR) is 97.3 cm³/mol. The molecule has 0 aromatic rings. The lowest BCUT2D eigenvalue weighted by molar-refractivity contribution is 0.220. The molecule has 20 heavy (non-hydrogen) atoms. The highest BCUT2D eigenvalue weighted by Crippen LogP contribution is 2.43. The SMILES string of the molecule is CC[C@H](C#C[Si](C)(C)C)O[Si](C(C)C)(C(C)C)C(C)C. The Hall–Kier alpha value is -0.0462. The summed E-state index contributed by atoms with van der Waals surface area (Å²) >= 11 is 0. The van der Waals surface area contributed by atoms with Crippen molar-refractivity contribution in [3.05, 3.63) is 0 Å². The highest BCUT2D eigenvalue weighted by atomic mass is 28.4. The molecule has 118 valence electrons. The summed E-state index contributed by atoms with van der Waals surface area (Å²) in [5, 5.41) is 0. The van der Waals surface area contributed by atoms with Crippen LogP contribution in [0.3, 0.4) is 0 Å². The fraction of sp³-hybridized carbons (Fsp3) is 0.882. The standard InChI is InChI=1S/C17H36OSi2/c1-11-17(12-13-19(8,9)10)18-20(14(2)3,15(4)5)16(6)7/h14-17H,11H2,1-10H3/t17-/m1/s1. The molecule has 1 atom stereocenters. The number of hydrogen-bond donors (Lipinski definition) is 0. The van der Waals surface area contributed by atoms with Crippen molar-refractivity contribution in [1.29, 1.82) is 0 Å². The average molecular weight is 313 g/mol. The maximum Gasteiger partial charge on any atom is 0.202 e. The van der Waals surface area contributed by atoms with Crippen LogP contribution in [0.25, 0.3) is 0 Å². The first-order valence-electron chi connectivity index (χ1n) is 8.17. The Bertz CT molecular complexity index is 320. The van der Waals surface area contributed by atoms with Gasteiger partial charge >= 0.3 is 0 Å². The zero-order chi connectivity index (χ0) is 16.1. The van der Waals surface area contributed by atoms with E-state index in [4.69, 9.17) is 4.43 Å². The fourth-order valence-electron chi connectivity index (χ4n) is 3.17. The molecule has 0 amide bonds. The highest BCUT2D eigenvalue weighted by Gasteiger charge is 2.46. The van der Waals surface area contributed by atoms with E-state index in [2.05, 4.69) is 79.6 Å². The van der Waals surface area contributed by atoms with Gasteiger partial charge in [-0.25, -0.2) is 0 Å². The fourth-order valence-corrected chi connectivity index (χ4v) is 9.30. The van der Waals surface area contributed by atoms with Crippen molar-refractivity contribution >= 4 is 16.4 Å². The summed E-state index contributed by atoms with van der Waals surface area (Å²) in [4.78, 5) is 0. The van der Waals surface area contributed by atoms with Crippen LogP contribution in [0.5, 0.6) is 0 Å². The lowest BCUT2D eigenvalue weighted by Crippen LogP contribution is -2.50. The van der Waals surface area contributed by atoms with E-state index < -0.39 is 16.4 Å². The van der Waals surface area contributed by atoms with Crippen LogP contribution in [0, 0.1) is 11.5 Å². The van der Waals surface area contributed by atoms with Gasteiger partial charge in [0.15, 0.2) is 0 Å². The van der Waals surface area contributed by atoms with Gasteiger partial charge in [-0.3, -0.25) is 0 Å². The maximum absolute atomic E-state index is 6.75. The minimum atomic E-state index is -1.80. The quantitative estimate of drug-likeness (QED) is 0.442. The third kappa shape index (κ3) is 5.39. The van der Waals surface area contributed by atoms with Gasteiger partial charge < -0.3 is 4.43 Å². The molecule has 0 N–H and O–H groups in total. The molecule has 0 aromatic heterocycles. The molecule has 1 nitrogen and oxygen atoms in total. The van der Waals surface area contributed by atoms with Crippen LogP contribution in [0.2, 0.25) is 36.3 Å². The molecule has 0 bridgehead atoms. The Morgan fingerprint density at radius 2 is 1.25 bits per heavy atom. The predicted octanol–water partition coefficient (Wildman–Crippen LogP) is 5.84. The van der Waals surface area contributed by atoms with Crippen molar-refractivity contribution in [2.75, 3.05) is 0 Å². The summed E-state index contributed by atoms with van der Waals surface area (Å²) < 4.78 is 6.75. The molecule has 0 aliphatic rings. The zero-order valence-electron chi connectivity index (χ0n) is 15.4. The van der Waals surface area contributed by atoms with Gasteiger partial charge in [0.2, 0.25) is 8.32 Å². The van der Waals surface area contributed by atoms with Crippen molar-refractivity contribution in [1.82, 2.24) is 0 Å². The molecule has 0 rings (SSSR count). The molecule has 0 saturated carbocycles. The monoisotopic (exact) mass is 312 g/mol. The van der Waals surface area contributed by atoms with Gasteiger partial charge in [-0.1, -0.05) is 74.0 Å². The van der Waals surface area contributed by atoms with Crippen molar-refractivity contribution in [3.8, 4) is 11.5 Å². The Kier molecular flexibility index (Phi) is 7.80. The van der Waals surface area contributed by atoms with Crippen LogP contribution in [0.1, 0.15) is 54.9 Å². The highest BCUT2D eigenvalue weighted by molar-refractivity contribution is 6.83. The first-order chi connectivity index (χ1) is 8.97. The van der Waals surface area contributed by atoms with Gasteiger partial charge in [-0.15, -0.1) is 5.54 Å². The molecule has 0 fully saturated rings. The van der Waals surface area contributed by atoms with Crippen LogP contribution < -0.4 is 0 Å². The maximum atomic E-state index is 6.75. The molecule has 0 aromatic carbocycles. The van der Waals surface area contributed by atoms with Gasteiger partial charge in [0.1, 0.15) is 14.2 Å². The summed E-state index contributed by atoms with van der Waals surface area (Å²) in [7, 11) is -3.11. The molecular weight excluding hydrogens is 276 g/mol. The summed E-state index contributed by atoms with van der Waals surface area (Å²) in [5.41, 5.74) is 5.39. The molecule has 0 saturated heterocycles. The van der Waals surface area contributed by atoms with E-state index in [1.807, 2.05) is 0 Å². The van der Waals surface area contributed by atoms with Gasteiger partial charge in [0.05, 0.1) is 0 Å². The molecule has 0 spiro atoms. The van der Waals surface area contributed by atoms with Crippen molar-refractivity contribution in [2.24, 2.45) is 0 Å². The van der Waals surface area contributed by atoms with Crippen LogP contribution in [-0.2, 0) is 4.43 Å². The molecule has 0 unspecified atom stereocenters. The van der Waals surface area contributed by atoms with Crippen LogP contribution in [0.15, 0.2) is 0 Å². The van der Waals surface area contributed by atoms with E-state index in [1.165, 1.54) is 0 Å². The minimum absolute atomic E-state index is 0.126. The van der Waals surface area contributed by atoms with Crippen LogP contribution in [-0.4, -0.2) is 22.5 Å². The largest absolute Gasteiger partial charge is 0.403 e. The summed E-state index contributed by atoms with van der Waals surface area (Å²) in [6, 6.07) is 0. The molecule has 3 heteroatoms. The second kappa shape index (κ2) is 7.82. The van der Waals surface area contributed by atoms with E-state index in [-0.39, 0.29) is 6.10 Å². The van der Waals surface area contributed by atoms with Crippen molar-refractivity contribution in [3.63, 3.8) is 0 Å². The summed E-state index contributed by atoms with van der Waals surface area (Å²) in [6.45, 7) is 23.1. The van der Waals surface area contributed by atoms with Gasteiger partial charge in [-0.2, -0.15) is 0 Å². The topological polar surface area (TPSA) is 9.23 Å². The molecule has 0 heterocycles. The molecular formula is C17H36OSi2. The van der Waals surface area contributed by atoms with E-state index in [1.54, 1.807) is 0 Å². The van der Waals surface area contributed by atoms with Crippen LogP contribution >= 0.6 is 0 Å². The lowest BCUT2D eigenvalue weighted by Gasteiger charge is -2.43. The summed E-state index contributed by atoms with van der Waals surface area (Å²) in [5.74, 6) is 3.45. The third-order valence-corrected chi connectivity index (χ3v) is 11.0. The first kappa shape index (κ1) is 20.0. The van der Waals surface area contributed by atoms with Gasteiger partial charge in [0.25, 0.3) is 0 Å². The first-order valence-corrected chi connectivity index (χ1v) is 13.8. The van der Waals surface area contributed by atoms with E-state index in [9.17, 15) is 0 Å². The zero-order valence-corrected chi connectivity index (χ0v) is 17.4. The van der Waals surface area contributed by atoms with E-state index in [0.29, 0.717) is 16.6 Å². The normalized spacial score (nSPS) is 14.7. The minimum Gasteiger partial charge on any atom is -0.403 e. The Morgan fingerprint density at radius 3 is 1.50 bits per heavy atom. The Morgan fingerprint density at radius 1 is 0.850 bits per heavy atom. The molecule has 0 aliphatic carbocycles. The Labute approximate surface area is 130 Å². The van der Waals surface area contributed by atoms with Gasteiger partial charge in [0, 0.05) is 0 Å². The van der Waals surface area contributed by atoms with Gasteiger partial charge in [-0.05, 0) is 23.0 Å². The third-order valence-electron chi connectivity index (χ3n) is 4.03. The molecule has 0 radical (unpaired) electrons. The number of hydrogen-bond acceptors (Lipinski definition) is 1. The lowest BCUT2D eigenvalue weighted by atomic mass is 10.3. The average Bonchev–Trinajstić information content (AvgIpc) is 2.26. The smallest absolute Gasteiger partial charge is 0.202 e. The Balaban J connectivity index is 5.36.